The Morgan fingerprint density at radius 3 is 2.34 bits per heavy atom. The van der Waals surface area contributed by atoms with Crippen LogP contribution < -0.4 is 4.74 Å². The van der Waals surface area contributed by atoms with Crippen molar-refractivity contribution in [1.82, 2.24) is 0 Å². The van der Waals surface area contributed by atoms with Gasteiger partial charge in [0.2, 0.25) is 0 Å². The van der Waals surface area contributed by atoms with E-state index in [1.54, 1.807) is 5.73 Å². The second-order valence-corrected chi connectivity index (χ2v) is 8.99. The maximum atomic E-state index is 14.7. The summed E-state index contributed by atoms with van der Waals surface area (Å²) in [7, 11) is 0. The Balaban J connectivity index is 1.81. The largest absolute Gasteiger partial charge is 0.437 e. The van der Waals surface area contributed by atoms with Crippen LogP contribution in [-0.2, 0) is 4.74 Å². The average Bonchev–Trinajstić information content (AvgIpc) is 2.89. The summed E-state index contributed by atoms with van der Waals surface area (Å²) in [4.78, 5) is 0. The lowest BCUT2D eigenvalue weighted by molar-refractivity contribution is -0.141. The van der Waals surface area contributed by atoms with Gasteiger partial charge in [-0.05, 0) is 42.9 Å². The van der Waals surface area contributed by atoms with Gasteiger partial charge in [-0.2, -0.15) is 13.2 Å². The van der Waals surface area contributed by atoms with Gasteiger partial charge in [-0.3, -0.25) is 0 Å². The molecule has 32 heavy (non-hydrogen) atoms. The van der Waals surface area contributed by atoms with Crippen LogP contribution in [0.15, 0.2) is 52.8 Å². The van der Waals surface area contributed by atoms with Crippen LogP contribution in [0.3, 0.4) is 0 Å². The zero-order chi connectivity index (χ0) is 23.6. The highest BCUT2D eigenvalue weighted by Crippen LogP contribution is 2.38. The molecule has 1 aliphatic carbocycles. The second kappa shape index (κ2) is 10.0. The van der Waals surface area contributed by atoms with Gasteiger partial charge in [-0.25, -0.2) is 17.6 Å². The third-order valence-corrected chi connectivity index (χ3v) is 7.05. The standard InChI is InChI=1S/C22H18F7IO2/c1-2-19(30)11-3-4-20(31-10-11)12-5-13(23)7-15(16(24)6-12)22(28,29)32-14-8-17(25)21(27)18(26)9-14/h5-6,8-9,11,19-20H,2-4,10H2,1H3. The highest BCUT2D eigenvalue weighted by Gasteiger charge is 2.42. The van der Waals surface area contributed by atoms with Crippen molar-refractivity contribution >= 4 is 22.6 Å². The van der Waals surface area contributed by atoms with Gasteiger partial charge in [0.05, 0.1) is 12.7 Å². The van der Waals surface area contributed by atoms with Crippen molar-refractivity contribution in [2.24, 2.45) is 5.92 Å². The van der Waals surface area contributed by atoms with Crippen LogP contribution in [0.25, 0.3) is 0 Å². The van der Waals surface area contributed by atoms with Crippen LogP contribution in [0.1, 0.15) is 26.2 Å². The summed E-state index contributed by atoms with van der Waals surface area (Å²) in [6, 6.07) is 0.329. The van der Waals surface area contributed by atoms with E-state index >= 15 is 0 Å². The molecule has 0 N–H and O–H groups in total. The van der Waals surface area contributed by atoms with Crippen molar-refractivity contribution < 1.29 is 40.2 Å². The number of ether oxygens (including phenoxy) is 2. The molecule has 1 fully saturated rings. The minimum Gasteiger partial charge on any atom is -0.428 e. The van der Waals surface area contributed by atoms with Gasteiger partial charge in [-0.1, -0.05) is 35.2 Å². The van der Waals surface area contributed by atoms with Crippen LogP contribution in [0.2, 0.25) is 0 Å². The molecule has 3 rings (SSSR count). The molecule has 0 saturated carbocycles. The Kier molecular flexibility index (Phi) is 7.77. The van der Waals surface area contributed by atoms with E-state index < -0.39 is 52.6 Å². The van der Waals surface area contributed by atoms with Crippen molar-refractivity contribution in [1.29, 1.82) is 0 Å². The molecule has 1 aromatic carbocycles. The molecule has 2 nitrogen and oxygen atoms in total. The molecular weight excluding hydrogens is 556 g/mol. The molecule has 0 spiro atoms. The van der Waals surface area contributed by atoms with E-state index in [0.717, 1.165) is 18.9 Å². The van der Waals surface area contributed by atoms with E-state index in [1.165, 1.54) is 0 Å². The van der Waals surface area contributed by atoms with Gasteiger partial charge in [0.15, 0.2) is 23.3 Å². The number of rotatable bonds is 6. The zero-order valence-electron chi connectivity index (χ0n) is 16.7. The molecule has 3 atom stereocenters. The van der Waals surface area contributed by atoms with Gasteiger partial charge in [0.1, 0.15) is 17.1 Å². The molecule has 0 aromatic heterocycles. The van der Waals surface area contributed by atoms with E-state index in [9.17, 15) is 30.7 Å². The molecule has 1 saturated heterocycles. The summed E-state index contributed by atoms with van der Waals surface area (Å²) in [5.41, 5.74) is -0.0128. The highest BCUT2D eigenvalue weighted by atomic mass is 127. The Hall–Kier alpha value is -1.78. The van der Waals surface area contributed by atoms with E-state index in [-0.39, 0.29) is 23.6 Å². The topological polar surface area (TPSA) is 18.5 Å². The Morgan fingerprint density at radius 2 is 1.78 bits per heavy atom. The van der Waals surface area contributed by atoms with Crippen LogP contribution in [0, 0.1) is 23.4 Å². The fourth-order valence-corrected chi connectivity index (χ4v) is 4.03. The Bertz CT molecular complexity index is 981. The van der Waals surface area contributed by atoms with Gasteiger partial charge < -0.3 is 9.47 Å². The van der Waals surface area contributed by atoms with Crippen molar-refractivity contribution in [2.75, 3.05) is 6.61 Å². The van der Waals surface area contributed by atoms with Crippen LogP contribution in [0.5, 0.6) is 5.75 Å². The van der Waals surface area contributed by atoms with Gasteiger partial charge in [0.25, 0.3) is 0 Å². The maximum Gasteiger partial charge on any atom is 0.437 e. The smallest absolute Gasteiger partial charge is 0.428 e. The molecule has 10 heteroatoms. The van der Waals surface area contributed by atoms with Crippen LogP contribution >= 0.6 is 22.6 Å². The quantitative estimate of drug-likeness (QED) is 0.117. The minimum absolute atomic E-state index is 0.0112. The summed E-state index contributed by atoms with van der Waals surface area (Å²) in [6.45, 7) is 2.41. The number of benzene rings is 1. The average molecular weight is 574 g/mol. The van der Waals surface area contributed by atoms with E-state index in [1.807, 2.05) is 6.92 Å². The normalized spacial score (nSPS) is 22.9. The molecule has 0 bridgehead atoms. The predicted molar refractivity (Wildman–Crippen MR) is 111 cm³/mol. The molecule has 0 amide bonds. The van der Waals surface area contributed by atoms with Crippen LogP contribution in [0.4, 0.5) is 30.7 Å². The molecular formula is C22H18F7IO2. The van der Waals surface area contributed by atoms with Gasteiger partial charge >= 0.3 is 6.11 Å². The second-order valence-electron chi connectivity index (χ2n) is 7.39. The lowest BCUT2D eigenvalue weighted by Gasteiger charge is -2.32. The summed E-state index contributed by atoms with van der Waals surface area (Å²) >= 11 is 2.32. The summed E-state index contributed by atoms with van der Waals surface area (Å²) < 4.78 is 108. The number of alkyl halides is 3. The molecule has 1 aliphatic heterocycles. The first-order valence-electron chi connectivity index (χ1n) is 9.75. The van der Waals surface area contributed by atoms with E-state index in [2.05, 4.69) is 27.3 Å². The predicted octanol–water partition coefficient (Wildman–Crippen LogP) is 7.26. The maximum absolute atomic E-state index is 14.7. The highest BCUT2D eigenvalue weighted by molar-refractivity contribution is 14.1. The molecule has 0 radical (unpaired) electrons. The minimum atomic E-state index is -4.56. The third kappa shape index (κ3) is 5.58. The van der Waals surface area contributed by atoms with Crippen molar-refractivity contribution in [3.05, 3.63) is 70.3 Å². The Morgan fingerprint density at radius 1 is 1.12 bits per heavy atom. The summed E-state index contributed by atoms with van der Waals surface area (Å²) in [6.07, 6.45) is -1.59. The lowest BCUT2D eigenvalue weighted by atomic mass is 9.91. The summed E-state index contributed by atoms with van der Waals surface area (Å²) in [5.74, 6) is -9.14. The fraction of sp³-hybridized carbons (Fsp3) is 0.409. The number of allylic oxidation sites excluding steroid dienone is 1. The molecule has 3 unspecified atom stereocenters. The first-order chi connectivity index (χ1) is 15.0. The zero-order valence-corrected chi connectivity index (χ0v) is 18.9. The third-order valence-electron chi connectivity index (χ3n) is 5.15. The van der Waals surface area contributed by atoms with Crippen LogP contribution in [-0.4, -0.2) is 22.7 Å². The number of hydrogen-bond acceptors (Lipinski definition) is 2. The summed E-state index contributed by atoms with van der Waals surface area (Å²) in [5, 5.41) is 0. The van der Waals surface area contributed by atoms with E-state index in [4.69, 9.17) is 4.74 Å². The first kappa shape index (κ1) is 24.9. The molecule has 1 aromatic rings. The van der Waals surface area contributed by atoms with Gasteiger partial charge in [0, 0.05) is 16.1 Å². The molecule has 174 valence electrons. The number of halogens is 8. The van der Waals surface area contributed by atoms with Crippen molar-refractivity contribution in [3.63, 3.8) is 0 Å². The van der Waals surface area contributed by atoms with Crippen molar-refractivity contribution in [2.45, 2.75) is 42.3 Å². The van der Waals surface area contributed by atoms with Gasteiger partial charge in [-0.15, -0.1) is 0 Å². The number of hydrogen-bond donors (Lipinski definition) is 0. The van der Waals surface area contributed by atoms with E-state index in [0.29, 0.717) is 23.0 Å². The fourth-order valence-electron chi connectivity index (χ4n) is 3.46. The monoisotopic (exact) mass is 574 g/mol. The molecule has 1 heterocycles. The SMILES string of the molecule is CCC(I)C1CCC(C2=CC(F)=C=C(C(F)(F)Oc3cc(F)c(F)c(F)c3)C(F)=C2)OC1. The lowest BCUT2D eigenvalue weighted by Crippen LogP contribution is -2.31. The Labute approximate surface area is 193 Å². The van der Waals surface area contributed by atoms with Crippen molar-refractivity contribution in [3.8, 4) is 5.75 Å². The first-order valence-corrected chi connectivity index (χ1v) is 11.0. The molecule has 2 aliphatic rings.